The molecule has 1 aromatic carbocycles. The summed E-state index contributed by atoms with van der Waals surface area (Å²) in [4.78, 5) is 0. The van der Waals surface area contributed by atoms with E-state index in [1.165, 1.54) is 25.7 Å². The summed E-state index contributed by atoms with van der Waals surface area (Å²) >= 11 is 5.26. The zero-order valence-corrected chi connectivity index (χ0v) is 13.0. The Kier molecular flexibility index (Phi) is 5.70. The number of nitriles is 1. The van der Waals surface area contributed by atoms with Crippen LogP contribution in [0.15, 0.2) is 29.4 Å². The fraction of sp³-hybridized carbons (Fsp3) is 0.438. The second kappa shape index (κ2) is 7.75. The first-order chi connectivity index (χ1) is 10.2. The van der Waals surface area contributed by atoms with E-state index in [2.05, 4.69) is 28.8 Å². The van der Waals surface area contributed by atoms with Gasteiger partial charge in [-0.3, -0.25) is 5.43 Å². The number of hydrogen-bond donors (Lipinski definition) is 2. The minimum Gasteiger partial charge on any atom is -0.358 e. The number of nitrogens with one attached hydrogen (secondary N) is 2. The van der Waals surface area contributed by atoms with Gasteiger partial charge in [0.15, 0.2) is 5.11 Å². The van der Waals surface area contributed by atoms with Crippen LogP contribution >= 0.6 is 12.2 Å². The van der Waals surface area contributed by atoms with Gasteiger partial charge in [-0.05, 0) is 48.7 Å². The summed E-state index contributed by atoms with van der Waals surface area (Å²) in [5.41, 5.74) is 4.42. The molecule has 0 radical (unpaired) electrons. The molecule has 0 aliphatic heterocycles. The van der Waals surface area contributed by atoms with Gasteiger partial charge in [0.05, 0.1) is 17.8 Å². The third-order valence-electron chi connectivity index (χ3n) is 3.85. The van der Waals surface area contributed by atoms with E-state index in [4.69, 9.17) is 17.5 Å². The van der Waals surface area contributed by atoms with Crippen LogP contribution in [0.2, 0.25) is 0 Å². The van der Waals surface area contributed by atoms with Crippen molar-refractivity contribution >= 4 is 23.5 Å². The molecular weight excluding hydrogens is 280 g/mol. The molecule has 1 aliphatic rings. The fourth-order valence-corrected chi connectivity index (χ4v) is 2.74. The third-order valence-corrected chi connectivity index (χ3v) is 4.06. The molecule has 1 saturated carbocycles. The van der Waals surface area contributed by atoms with Gasteiger partial charge in [-0.25, -0.2) is 0 Å². The lowest BCUT2D eigenvalue weighted by Crippen LogP contribution is -2.44. The Bertz CT molecular complexity index is 544. The number of rotatable bonds is 3. The highest BCUT2D eigenvalue weighted by Crippen LogP contribution is 2.23. The summed E-state index contributed by atoms with van der Waals surface area (Å²) in [5.74, 6) is 0.654. The van der Waals surface area contributed by atoms with Crippen molar-refractivity contribution in [2.75, 3.05) is 0 Å². The maximum absolute atomic E-state index is 8.73. The SMILES string of the molecule is C[C@H]1CCCC[C@H]1NC(=S)N/N=C\c1ccc(C#N)cc1. The van der Waals surface area contributed by atoms with Crippen molar-refractivity contribution in [3.63, 3.8) is 0 Å². The molecule has 110 valence electrons. The van der Waals surface area contributed by atoms with Crippen LogP contribution in [0.1, 0.15) is 43.7 Å². The Morgan fingerprint density at radius 2 is 2.05 bits per heavy atom. The molecule has 4 nitrogen and oxygen atoms in total. The molecule has 5 heteroatoms. The van der Waals surface area contributed by atoms with Crippen molar-refractivity contribution in [1.82, 2.24) is 10.7 Å². The van der Waals surface area contributed by atoms with Crippen molar-refractivity contribution in [2.24, 2.45) is 11.0 Å². The zero-order chi connectivity index (χ0) is 15.1. The predicted octanol–water partition coefficient (Wildman–Crippen LogP) is 2.93. The second-order valence-electron chi connectivity index (χ2n) is 5.45. The second-order valence-corrected chi connectivity index (χ2v) is 5.85. The van der Waals surface area contributed by atoms with Crippen LogP contribution in [0.5, 0.6) is 0 Å². The lowest BCUT2D eigenvalue weighted by molar-refractivity contribution is 0.308. The standard InChI is InChI=1S/C16H20N4S/c1-12-4-2-3-5-15(12)19-16(21)20-18-11-14-8-6-13(10-17)7-9-14/h6-9,11-12,15H,2-5H2,1H3,(H2,19,20,21)/b18-11-/t12-,15+/m0/s1. The smallest absolute Gasteiger partial charge is 0.187 e. The summed E-state index contributed by atoms with van der Waals surface area (Å²) in [7, 11) is 0. The summed E-state index contributed by atoms with van der Waals surface area (Å²) in [5, 5.41) is 16.8. The molecular formula is C16H20N4S. The highest BCUT2D eigenvalue weighted by Gasteiger charge is 2.21. The van der Waals surface area contributed by atoms with Crippen LogP contribution in [0.4, 0.5) is 0 Å². The normalized spacial score (nSPS) is 21.7. The number of hydrogen-bond acceptors (Lipinski definition) is 3. The van der Waals surface area contributed by atoms with E-state index >= 15 is 0 Å². The number of benzene rings is 1. The van der Waals surface area contributed by atoms with Crippen molar-refractivity contribution in [3.8, 4) is 6.07 Å². The molecule has 0 spiro atoms. The van der Waals surface area contributed by atoms with Crippen LogP contribution in [0.3, 0.4) is 0 Å². The molecule has 0 unspecified atom stereocenters. The van der Waals surface area contributed by atoms with Gasteiger partial charge in [-0.1, -0.05) is 31.9 Å². The molecule has 0 amide bonds. The molecule has 2 N–H and O–H groups in total. The Labute approximate surface area is 131 Å². The van der Waals surface area contributed by atoms with Gasteiger partial charge in [-0.2, -0.15) is 10.4 Å². The molecule has 2 rings (SSSR count). The Morgan fingerprint density at radius 1 is 1.33 bits per heavy atom. The number of hydrazone groups is 1. The van der Waals surface area contributed by atoms with Gasteiger partial charge in [0, 0.05) is 6.04 Å². The van der Waals surface area contributed by atoms with Crippen molar-refractivity contribution < 1.29 is 0 Å². The molecule has 21 heavy (non-hydrogen) atoms. The van der Waals surface area contributed by atoms with E-state index in [9.17, 15) is 0 Å². The highest BCUT2D eigenvalue weighted by molar-refractivity contribution is 7.80. The Morgan fingerprint density at radius 3 is 2.71 bits per heavy atom. The minimum atomic E-state index is 0.448. The van der Waals surface area contributed by atoms with Crippen LogP contribution in [-0.2, 0) is 0 Å². The quantitative estimate of drug-likeness (QED) is 0.512. The van der Waals surface area contributed by atoms with Gasteiger partial charge in [0.1, 0.15) is 0 Å². The van der Waals surface area contributed by atoms with Crippen LogP contribution in [0.25, 0.3) is 0 Å². The van der Waals surface area contributed by atoms with E-state index in [-0.39, 0.29) is 0 Å². The summed E-state index contributed by atoms with van der Waals surface area (Å²) in [6.07, 6.45) is 6.70. The number of nitrogens with zero attached hydrogens (tertiary/aromatic N) is 2. The van der Waals surface area contributed by atoms with Crippen molar-refractivity contribution in [2.45, 2.75) is 38.6 Å². The monoisotopic (exact) mass is 300 g/mol. The first-order valence-corrected chi connectivity index (χ1v) is 7.69. The summed E-state index contributed by atoms with van der Waals surface area (Å²) < 4.78 is 0. The average molecular weight is 300 g/mol. The van der Waals surface area contributed by atoms with Gasteiger partial charge >= 0.3 is 0 Å². The van der Waals surface area contributed by atoms with Crippen LogP contribution in [0, 0.1) is 17.2 Å². The largest absolute Gasteiger partial charge is 0.358 e. The Balaban J connectivity index is 1.80. The maximum Gasteiger partial charge on any atom is 0.187 e. The van der Waals surface area contributed by atoms with E-state index in [1.807, 2.05) is 12.1 Å². The third kappa shape index (κ3) is 4.83. The Hall–Kier alpha value is -1.93. The molecule has 0 heterocycles. The van der Waals surface area contributed by atoms with Crippen molar-refractivity contribution in [3.05, 3.63) is 35.4 Å². The molecule has 1 aliphatic carbocycles. The van der Waals surface area contributed by atoms with Crippen LogP contribution < -0.4 is 10.7 Å². The molecule has 1 fully saturated rings. The molecule has 1 aromatic rings. The summed E-state index contributed by atoms with van der Waals surface area (Å²) in [6.45, 7) is 2.26. The van der Waals surface area contributed by atoms with Crippen molar-refractivity contribution in [1.29, 1.82) is 5.26 Å². The highest BCUT2D eigenvalue weighted by atomic mass is 32.1. The first kappa shape index (κ1) is 15.5. The summed E-state index contributed by atoms with van der Waals surface area (Å²) in [6, 6.07) is 9.77. The topological polar surface area (TPSA) is 60.2 Å². The van der Waals surface area contributed by atoms with Gasteiger partial charge in [0.2, 0.25) is 0 Å². The van der Waals surface area contributed by atoms with Crippen LogP contribution in [-0.4, -0.2) is 17.4 Å². The molecule has 2 atom stereocenters. The minimum absolute atomic E-state index is 0.448. The van der Waals surface area contributed by atoms with E-state index in [1.54, 1.807) is 18.3 Å². The fourth-order valence-electron chi connectivity index (χ4n) is 2.54. The van der Waals surface area contributed by atoms with Gasteiger partial charge < -0.3 is 5.32 Å². The first-order valence-electron chi connectivity index (χ1n) is 7.29. The molecule has 0 bridgehead atoms. The number of thiocarbonyl (C=S) groups is 1. The maximum atomic E-state index is 8.73. The molecule has 0 aromatic heterocycles. The van der Waals surface area contributed by atoms with Gasteiger partial charge in [-0.15, -0.1) is 0 Å². The average Bonchev–Trinajstić information content (AvgIpc) is 2.50. The van der Waals surface area contributed by atoms with E-state index in [0.29, 0.717) is 22.6 Å². The molecule has 0 saturated heterocycles. The predicted molar refractivity (Wildman–Crippen MR) is 89.0 cm³/mol. The van der Waals surface area contributed by atoms with E-state index in [0.717, 1.165) is 5.56 Å². The van der Waals surface area contributed by atoms with E-state index < -0.39 is 0 Å². The lowest BCUT2D eigenvalue weighted by atomic mass is 9.86. The van der Waals surface area contributed by atoms with Gasteiger partial charge in [0.25, 0.3) is 0 Å². The zero-order valence-electron chi connectivity index (χ0n) is 12.2. The lowest BCUT2D eigenvalue weighted by Gasteiger charge is -2.30.